The quantitative estimate of drug-likeness (QED) is 0.778. The van der Waals surface area contributed by atoms with Gasteiger partial charge in [0.2, 0.25) is 5.91 Å². The van der Waals surface area contributed by atoms with Crippen molar-refractivity contribution in [2.75, 3.05) is 0 Å². The van der Waals surface area contributed by atoms with Crippen LogP contribution in [0.1, 0.15) is 51.9 Å². The molecule has 0 bridgehead atoms. The van der Waals surface area contributed by atoms with Crippen LogP contribution in [0.3, 0.4) is 0 Å². The lowest BCUT2D eigenvalue weighted by atomic mass is 9.80. The van der Waals surface area contributed by atoms with E-state index in [1.165, 1.54) is 12.8 Å². The van der Waals surface area contributed by atoms with E-state index >= 15 is 0 Å². The number of nitrogens with one attached hydrogen (secondary N) is 1. The minimum absolute atomic E-state index is 0.0629. The lowest BCUT2D eigenvalue weighted by Gasteiger charge is -2.34. The number of rotatable bonds is 4. The van der Waals surface area contributed by atoms with Crippen LogP contribution in [-0.4, -0.2) is 23.0 Å². The van der Waals surface area contributed by atoms with Crippen molar-refractivity contribution < 1.29 is 14.7 Å². The van der Waals surface area contributed by atoms with Gasteiger partial charge in [-0.25, -0.2) is 0 Å². The number of hydrogen-bond donors (Lipinski definition) is 2. The fourth-order valence-corrected chi connectivity index (χ4v) is 3.55. The van der Waals surface area contributed by atoms with E-state index < -0.39 is 17.8 Å². The molecule has 0 aromatic carbocycles. The van der Waals surface area contributed by atoms with Gasteiger partial charge in [-0.15, -0.1) is 0 Å². The van der Waals surface area contributed by atoms with E-state index in [4.69, 9.17) is 0 Å². The molecule has 0 saturated heterocycles. The van der Waals surface area contributed by atoms with Crippen LogP contribution in [0, 0.1) is 17.8 Å². The summed E-state index contributed by atoms with van der Waals surface area (Å²) in [5, 5.41) is 12.4. The maximum absolute atomic E-state index is 12.4. The fraction of sp³-hybridized carbons (Fsp3) is 0.750. The SMILES string of the molecule is CCC1CCCCC1NC(=O)[C@@H]1CC=CC[C@@H]1C(=O)O. The number of carboxylic acids is 1. The minimum Gasteiger partial charge on any atom is -0.481 e. The highest BCUT2D eigenvalue weighted by atomic mass is 16.4. The third-order valence-corrected chi connectivity index (χ3v) is 4.85. The Bertz CT molecular complexity index is 391. The molecule has 0 aromatic rings. The fourth-order valence-electron chi connectivity index (χ4n) is 3.55. The third-order valence-electron chi connectivity index (χ3n) is 4.85. The number of hydrogen-bond acceptors (Lipinski definition) is 2. The van der Waals surface area contributed by atoms with Crippen LogP contribution in [0.5, 0.6) is 0 Å². The van der Waals surface area contributed by atoms with Gasteiger partial charge in [-0.3, -0.25) is 9.59 Å². The Morgan fingerprint density at radius 2 is 1.80 bits per heavy atom. The van der Waals surface area contributed by atoms with Gasteiger partial charge in [0, 0.05) is 6.04 Å². The van der Waals surface area contributed by atoms with Crippen molar-refractivity contribution in [2.24, 2.45) is 17.8 Å². The largest absolute Gasteiger partial charge is 0.481 e. The predicted octanol–water partition coefficient (Wildman–Crippen LogP) is 2.74. The predicted molar refractivity (Wildman–Crippen MR) is 77.2 cm³/mol. The van der Waals surface area contributed by atoms with Gasteiger partial charge < -0.3 is 10.4 Å². The van der Waals surface area contributed by atoms with Crippen LogP contribution < -0.4 is 5.32 Å². The second-order valence-corrected chi connectivity index (χ2v) is 6.06. The lowest BCUT2D eigenvalue weighted by Crippen LogP contribution is -2.47. The van der Waals surface area contributed by atoms with E-state index in [0.29, 0.717) is 18.8 Å². The topological polar surface area (TPSA) is 66.4 Å². The molecule has 0 heterocycles. The standard InChI is InChI=1S/C16H25NO3/c1-2-11-7-3-6-10-14(11)17-15(18)12-8-4-5-9-13(12)16(19)20/h4-5,11-14H,2-3,6-10H2,1H3,(H,17,18)(H,19,20)/t11?,12-,13+,14?/m1/s1. The average Bonchev–Trinajstić information content (AvgIpc) is 2.47. The number of carbonyl (C=O) groups is 2. The maximum atomic E-state index is 12.4. The van der Waals surface area contributed by atoms with Gasteiger partial charge in [0.15, 0.2) is 0 Å². The summed E-state index contributed by atoms with van der Waals surface area (Å²) in [6.07, 6.45) is 10.5. The van der Waals surface area contributed by atoms with Gasteiger partial charge in [-0.1, -0.05) is 38.3 Å². The van der Waals surface area contributed by atoms with Crippen LogP contribution in [0.2, 0.25) is 0 Å². The molecule has 2 rings (SSSR count). The summed E-state index contributed by atoms with van der Waals surface area (Å²) >= 11 is 0. The zero-order valence-corrected chi connectivity index (χ0v) is 12.2. The number of amides is 1. The highest BCUT2D eigenvalue weighted by Gasteiger charge is 2.35. The Balaban J connectivity index is 1.99. The Labute approximate surface area is 120 Å². The van der Waals surface area contributed by atoms with Crippen LogP contribution in [0.15, 0.2) is 12.2 Å². The molecule has 112 valence electrons. The van der Waals surface area contributed by atoms with Gasteiger partial charge >= 0.3 is 5.97 Å². The number of allylic oxidation sites excluding steroid dienone is 2. The molecule has 4 atom stereocenters. The van der Waals surface area contributed by atoms with Crippen molar-refractivity contribution in [3.05, 3.63) is 12.2 Å². The van der Waals surface area contributed by atoms with Crippen LogP contribution >= 0.6 is 0 Å². The summed E-state index contributed by atoms with van der Waals surface area (Å²) in [7, 11) is 0. The molecule has 2 unspecified atom stereocenters. The van der Waals surface area contributed by atoms with Gasteiger partial charge in [-0.2, -0.15) is 0 Å². The Kier molecular flexibility index (Phi) is 5.21. The summed E-state index contributed by atoms with van der Waals surface area (Å²) in [5.74, 6) is -1.34. The summed E-state index contributed by atoms with van der Waals surface area (Å²) in [6.45, 7) is 2.17. The highest BCUT2D eigenvalue weighted by molar-refractivity contribution is 5.85. The van der Waals surface area contributed by atoms with E-state index in [0.717, 1.165) is 19.3 Å². The number of aliphatic carboxylic acids is 1. The number of carbonyl (C=O) groups excluding carboxylic acids is 1. The average molecular weight is 279 g/mol. The van der Waals surface area contributed by atoms with E-state index in [9.17, 15) is 14.7 Å². The van der Waals surface area contributed by atoms with Crippen molar-refractivity contribution >= 4 is 11.9 Å². The molecule has 0 radical (unpaired) electrons. The zero-order valence-electron chi connectivity index (χ0n) is 12.2. The molecule has 1 fully saturated rings. The van der Waals surface area contributed by atoms with Crippen LogP contribution in [-0.2, 0) is 9.59 Å². The molecule has 4 heteroatoms. The lowest BCUT2D eigenvalue weighted by molar-refractivity contribution is -0.147. The molecule has 0 spiro atoms. The molecule has 2 N–H and O–H groups in total. The smallest absolute Gasteiger partial charge is 0.307 e. The molecule has 1 saturated carbocycles. The first-order chi connectivity index (χ1) is 9.63. The molecule has 0 aromatic heterocycles. The second-order valence-electron chi connectivity index (χ2n) is 6.06. The first-order valence-electron chi connectivity index (χ1n) is 7.81. The first kappa shape index (κ1) is 15.1. The van der Waals surface area contributed by atoms with Crippen molar-refractivity contribution in [3.63, 3.8) is 0 Å². The molecule has 2 aliphatic carbocycles. The highest BCUT2D eigenvalue weighted by Crippen LogP contribution is 2.29. The van der Waals surface area contributed by atoms with E-state index in [-0.39, 0.29) is 11.9 Å². The molecule has 1 amide bonds. The van der Waals surface area contributed by atoms with E-state index in [2.05, 4.69) is 12.2 Å². The molecular weight excluding hydrogens is 254 g/mol. The van der Waals surface area contributed by atoms with Crippen LogP contribution in [0.4, 0.5) is 0 Å². The van der Waals surface area contributed by atoms with Gasteiger partial charge in [-0.05, 0) is 31.6 Å². The van der Waals surface area contributed by atoms with Crippen molar-refractivity contribution in [3.8, 4) is 0 Å². The van der Waals surface area contributed by atoms with Gasteiger partial charge in [0.1, 0.15) is 0 Å². The Morgan fingerprint density at radius 3 is 2.45 bits per heavy atom. The summed E-state index contributed by atoms with van der Waals surface area (Å²) in [6, 6.07) is 0.238. The monoisotopic (exact) mass is 279 g/mol. The van der Waals surface area contributed by atoms with Crippen molar-refractivity contribution in [1.29, 1.82) is 0 Å². The van der Waals surface area contributed by atoms with Crippen molar-refractivity contribution in [1.82, 2.24) is 5.32 Å². The molecule has 4 nitrogen and oxygen atoms in total. The van der Waals surface area contributed by atoms with E-state index in [1.54, 1.807) is 0 Å². The third kappa shape index (κ3) is 3.41. The summed E-state index contributed by atoms with van der Waals surface area (Å²) in [5.41, 5.74) is 0. The molecule has 20 heavy (non-hydrogen) atoms. The summed E-state index contributed by atoms with van der Waals surface area (Å²) < 4.78 is 0. The van der Waals surface area contributed by atoms with Gasteiger partial charge in [0.25, 0.3) is 0 Å². The Hall–Kier alpha value is -1.32. The van der Waals surface area contributed by atoms with Gasteiger partial charge in [0.05, 0.1) is 11.8 Å². The second kappa shape index (κ2) is 6.91. The number of carboxylic acid groups (broad SMARTS) is 1. The first-order valence-corrected chi connectivity index (χ1v) is 7.81. The zero-order chi connectivity index (χ0) is 14.5. The molecule has 2 aliphatic rings. The minimum atomic E-state index is -0.856. The van der Waals surface area contributed by atoms with E-state index in [1.807, 2.05) is 12.2 Å². The van der Waals surface area contributed by atoms with Crippen LogP contribution in [0.25, 0.3) is 0 Å². The summed E-state index contributed by atoms with van der Waals surface area (Å²) in [4.78, 5) is 23.7. The molecular formula is C16H25NO3. The normalized spacial score (nSPS) is 33.6. The molecule has 0 aliphatic heterocycles. The van der Waals surface area contributed by atoms with Crippen molar-refractivity contribution in [2.45, 2.75) is 57.9 Å². The maximum Gasteiger partial charge on any atom is 0.307 e. The Morgan fingerprint density at radius 1 is 1.15 bits per heavy atom.